The van der Waals surface area contributed by atoms with Gasteiger partial charge in [-0.1, -0.05) is 61.4 Å². The number of nitrogens with one attached hydrogen (secondary N) is 3. The Balaban J connectivity index is 1.54. The highest BCUT2D eigenvalue weighted by Gasteiger charge is 2.25. The SMILES string of the molecule is CCNc1nc(N[C@H](CC2CCCCC2)C(=O)NCc2ccc(Cl)cc2Cl)cc(-n2cccc2)n1. The number of benzene rings is 1. The third-order valence-electron chi connectivity index (χ3n) is 6.32. The van der Waals surface area contributed by atoms with Crippen LogP contribution in [0.25, 0.3) is 5.82 Å². The second-order valence-electron chi connectivity index (χ2n) is 8.95. The third kappa shape index (κ3) is 7.12. The molecular weight excluding hydrogens is 483 g/mol. The predicted octanol–water partition coefficient (Wildman–Crippen LogP) is 6.07. The Labute approximate surface area is 216 Å². The van der Waals surface area contributed by atoms with Gasteiger partial charge in [0.05, 0.1) is 0 Å². The lowest BCUT2D eigenvalue weighted by Gasteiger charge is -2.27. The van der Waals surface area contributed by atoms with Crippen LogP contribution in [0.2, 0.25) is 10.0 Å². The number of carbonyl (C=O) groups is 1. The molecule has 2 heterocycles. The van der Waals surface area contributed by atoms with E-state index in [1.165, 1.54) is 19.3 Å². The molecule has 0 aliphatic heterocycles. The Kier molecular flexibility index (Phi) is 8.88. The van der Waals surface area contributed by atoms with Crippen molar-refractivity contribution in [3.05, 3.63) is 64.4 Å². The van der Waals surface area contributed by atoms with Crippen molar-refractivity contribution in [1.82, 2.24) is 19.9 Å². The maximum absolute atomic E-state index is 13.4. The number of hydrogen-bond donors (Lipinski definition) is 3. The summed E-state index contributed by atoms with van der Waals surface area (Å²) in [7, 11) is 0. The van der Waals surface area contributed by atoms with Crippen molar-refractivity contribution in [2.75, 3.05) is 17.2 Å². The first-order valence-corrected chi connectivity index (χ1v) is 13.0. The van der Waals surface area contributed by atoms with Crippen LogP contribution in [-0.4, -0.2) is 33.0 Å². The predicted molar refractivity (Wildman–Crippen MR) is 142 cm³/mol. The van der Waals surface area contributed by atoms with Gasteiger partial charge in [-0.2, -0.15) is 9.97 Å². The minimum Gasteiger partial charge on any atom is -0.358 e. The van der Waals surface area contributed by atoms with Crippen molar-refractivity contribution in [3.8, 4) is 5.82 Å². The highest BCUT2D eigenvalue weighted by Crippen LogP contribution is 2.29. The molecule has 0 bridgehead atoms. The molecule has 7 nitrogen and oxygen atoms in total. The van der Waals surface area contributed by atoms with E-state index in [1.54, 1.807) is 12.1 Å². The summed E-state index contributed by atoms with van der Waals surface area (Å²) in [5, 5.41) is 10.8. The zero-order chi connectivity index (χ0) is 24.6. The van der Waals surface area contributed by atoms with Gasteiger partial charge < -0.3 is 20.5 Å². The van der Waals surface area contributed by atoms with Gasteiger partial charge in [-0.25, -0.2) is 0 Å². The quantitative estimate of drug-likeness (QED) is 0.305. The highest BCUT2D eigenvalue weighted by molar-refractivity contribution is 6.35. The second kappa shape index (κ2) is 12.3. The minimum absolute atomic E-state index is 0.0762. The van der Waals surface area contributed by atoms with Gasteiger partial charge in [0, 0.05) is 41.6 Å². The van der Waals surface area contributed by atoms with Gasteiger partial charge in [-0.3, -0.25) is 4.79 Å². The summed E-state index contributed by atoms with van der Waals surface area (Å²) in [5.74, 6) is 2.29. The Bertz CT molecular complexity index is 1120. The van der Waals surface area contributed by atoms with Gasteiger partial charge in [0.25, 0.3) is 0 Å². The smallest absolute Gasteiger partial charge is 0.242 e. The van der Waals surface area contributed by atoms with Gasteiger partial charge >= 0.3 is 0 Å². The number of rotatable bonds is 10. The minimum atomic E-state index is -0.425. The molecule has 3 aromatic rings. The molecule has 1 aromatic carbocycles. The van der Waals surface area contributed by atoms with Crippen molar-refractivity contribution in [3.63, 3.8) is 0 Å². The van der Waals surface area contributed by atoms with Crippen LogP contribution >= 0.6 is 23.2 Å². The van der Waals surface area contributed by atoms with Gasteiger partial charge in [0.15, 0.2) is 0 Å². The molecule has 0 saturated heterocycles. The molecule has 1 aliphatic rings. The molecule has 1 saturated carbocycles. The number of carbonyl (C=O) groups excluding carboxylic acids is 1. The average molecular weight is 515 g/mol. The van der Waals surface area contributed by atoms with Crippen LogP contribution in [0.1, 0.15) is 51.0 Å². The Morgan fingerprint density at radius 1 is 1.11 bits per heavy atom. The number of aromatic nitrogens is 3. The lowest BCUT2D eigenvalue weighted by molar-refractivity contribution is -0.122. The third-order valence-corrected chi connectivity index (χ3v) is 6.90. The van der Waals surface area contributed by atoms with Crippen molar-refractivity contribution in [1.29, 1.82) is 0 Å². The Morgan fingerprint density at radius 2 is 1.89 bits per heavy atom. The van der Waals surface area contributed by atoms with Crippen LogP contribution in [0.4, 0.5) is 11.8 Å². The summed E-state index contributed by atoms with van der Waals surface area (Å²) in [6.07, 6.45) is 10.6. The summed E-state index contributed by atoms with van der Waals surface area (Å²) >= 11 is 12.3. The van der Waals surface area contributed by atoms with Gasteiger partial charge in [0.1, 0.15) is 17.7 Å². The number of anilines is 2. The van der Waals surface area contributed by atoms with E-state index in [9.17, 15) is 4.79 Å². The van der Waals surface area contributed by atoms with Crippen LogP contribution in [-0.2, 0) is 11.3 Å². The van der Waals surface area contributed by atoms with E-state index in [1.807, 2.05) is 48.1 Å². The summed E-state index contributed by atoms with van der Waals surface area (Å²) in [6, 6.07) is 10.6. The molecule has 3 N–H and O–H groups in total. The molecule has 0 unspecified atom stereocenters. The number of halogens is 2. The van der Waals surface area contributed by atoms with Gasteiger partial charge in [-0.05, 0) is 49.1 Å². The maximum Gasteiger partial charge on any atom is 0.242 e. The van der Waals surface area contributed by atoms with E-state index >= 15 is 0 Å². The van der Waals surface area contributed by atoms with E-state index in [2.05, 4.69) is 25.9 Å². The summed E-state index contributed by atoms with van der Waals surface area (Å²) < 4.78 is 1.92. The molecule has 1 fully saturated rings. The van der Waals surface area contributed by atoms with E-state index in [4.69, 9.17) is 23.2 Å². The molecule has 2 aromatic heterocycles. The van der Waals surface area contributed by atoms with E-state index in [0.717, 1.165) is 30.6 Å². The summed E-state index contributed by atoms with van der Waals surface area (Å²) in [6.45, 7) is 3.03. The van der Waals surface area contributed by atoms with Crippen molar-refractivity contribution in [2.24, 2.45) is 5.92 Å². The fourth-order valence-corrected chi connectivity index (χ4v) is 4.98. The van der Waals surface area contributed by atoms with Gasteiger partial charge in [-0.15, -0.1) is 0 Å². The molecular formula is C26H32Cl2N6O. The highest BCUT2D eigenvalue weighted by atomic mass is 35.5. The molecule has 1 amide bonds. The fraction of sp³-hybridized carbons (Fsp3) is 0.423. The molecule has 9 heteroatoms. The van der Waals surface area contributed by atoms with Crippen LogP contribution in [0.3, 0.4) is 0 Å². The topological polar surface area (TPSA) is 83.9 Å². The maximum atomic E-state index is 13.4. The lowest BCUT2D eigenvalue weighted by atomic mass is 9.84. The fourth-order valence-electron chi connectivity index (χ4n) is 4.50. The first-order chi connectivity index (χ1) is 17.0. The number of nitrogens with zero attached hydrogens (tertiary/aromatic N) is 3. The van der Waals surface area contributed by atoms with Crippen molar-refractivity contribution >= 4 is 40.9 Å². The second-order valence-corrected chi connectivity index (χ2v) is 9.79. The Morgan fingerprint density at radius 3 is 2.60 bits per heavy atom. The molecule has 186 valence electrons. The van der Waals surface area contributed by atoms with E-state index in [0.29, 0.717) is 40.8 Å². The van der Waals surface area contributed by atoms with Crippen LogP contribution in [0.5, 0.6) is 0 Å². The number of amides is 1. The standard InChI is InChI=1S/C26H32Cl2N6O/c1-2-29-26-32-23(16-24(33-26)34-12-6-7-13-34)31-22(14-18-8-4-3-5-9-18)25(35)30-17-19-10-11-20(27)15-21(19)28/h6-7,10-13,15-16,18,22H,2-5,8-9,14,17H2,1H3,(H,30,35)(H2,29,31,32,33)/t22-/m1/s1. The average Bonchev–Trinajstić information content (AvgIpc) is 3.39. The van der Waals surface area contributed by atoms with Crippen molar-refractivity contribution < 1.29 is 4.79 Å². The van der Waals surface area contributed by atoms with Crippen LogP contribution in [0, 0.1) is 5.92 Å². The lowest BCUT2D eigenvalue weighted by Crippen LogP contribution is -2.41. The summed E-state index contributed by atoms with van der Waals surface area (Å²) in [4.78, 5) is 22.6. The Hall–Kier alpha value is -2.77. The van der Waals surface area contributed by atoms with E-state index in [-0.39, 0.29) is 5.91 Å². The summed E-state index contributed by atoms with van der Waals surface area (Å²) in [5.41, 5.74) is 0.826. The molecule has 4 rings (SSSR count). The van der Waals surface area contributed by atoms with Crippen molar-refractivity contribution in [2.45, 2.75) is 58.0 Å². The largest absolute Gasteiger partial charge is 0.358 e. The molecule has 0 radical (unpaired) electrons. The normalized spacial score (nSPS) is 14.9. The first kappa shape index (κ1) is 25.3. The van der Waals surface area contributed by atoms with Gasteiger partial charge in [0.2, 0.25) is 11.9 Å². The monoisotopic (exact) mass is 514 g/mol. The van der Waals surface area contributed by atoms with Crippen LogP contribution < -0.4 is 16.0 Å². The first-order valence-electron chi connectivity index (χ1n) is 12.3. The number of hydrogen-bond acceptors (Lipinski definition) is 5. The zero-order valence-electron chi connectivity index (χ0n) is 19.9. The molecule has 1 atom stereocenters. The van der Waals surface area contributed by atoms with Crippen LogP contribution in [0.15, 0.2) is 48.8 Å². The molecule has 35 heavy (non-hydrogen) atoms. The van der Waals surface area contributed by atoms with E-state index < -0.39 is 6.04 Å². The zero-order valence-corrected chi connectivity index (χ0v) is 21.4. The molecule has 1 aliphatic carbocycles. The molecule has 0 spiro atoms.